The Hall–Kier alpha value is -0.930. The maximum absolute atomic E-state index is 10.2. The SMILES string of the molecule is CCC(C)(O)C(O)C1CCc2cccnc21. The maximum atomic E-state index is 10.2. The van der Waals surface area contributed by atoms with Crippen molar-refractivity contribution in [3.8, 4) is 0 Å². The molecule has 88 valence electrons. The molecule has 1 heterocycles. The molecule has 16 heavy (non-hydrogen) atoms. The zero-order valence-electron chi connectivity index (χ0n) is 9.85. The molecule has 3 nitrogen and oxygen atoms in total. The van der Waals surface area contributed by atoms with Crippen molar-refractivity contribution in [3.05, 3.63) is 29.6 Å². The minimum atomic E-state index is -1.02. The van der Waals surface area contributed by atoms with Crippen LogP contribution < -0.4 is 0 Å². The second-order valence-corrected chi connectivity index (χ2v) is 4.85. The standard InChI is InChI=1S/C13H19NO2/c1-3-13(2,16)12(15)10-7-6-9-5-4-8-14-11(9)10/h4-5,8,10,12,15-16H,3,6-7H2,1-2H3. The smallest absolute Gasteiger partial charge is 0.0907 e. The van der Waals surface area contributed by atoms with E-state index in [1.54, 1.807) is 13.1 Å². The summed E-state index contributed by atoms with van der Waals surface area (Å²) in [5.41, 5.74) is 1.14. The highest BCUT2D eigenvalue weighted by Gasteiger charge is 2.39. The molecule has 0 fully saturated rings. The molecular weight excluding hydrogens is 202 g/mol. The van der Waals surface area contributed by atoms with E-state index in [4.69, 9.17) is 0 Å². The van der Waals surface area contributed by atoms with Crippen LogP contribution in [0.15, 0.2) is 18.3 Å². The van der Waals surface area contributed by atoms with Gasteiger partial charge in [0, 0.05) is 17.8 Å². The summed E-state index contributed by atoms with van der Waals surface area (Å²) in [6, 6.07) is 3.97. The average molecular weight is 221 g/mol. The molecule has 3 atom stereocenters. The van der Waals surface area contributed by atoms with Crippen LogP contribution >= 0.6 is 0 Å². The van der Waals surface area contributed by atoms with Crippen LogP contribution in [0.3, 0.4) is 0 Å². The molecular formula is C13H19NO2. The molecule has 1 aliphatic carbocycles. The van der Waals surface area contributed by atoms with Gasteiger partial charge in [-0.05, 0) is 37.8 Å². The maximum Gasteiger partial charge on any atom is 0.0907 e. The van der Waals surface area contributed by atoms with Gasteiger partial charge in [-0.15, -0.1) is 0 Å². The highest BCUT2D eigenvalue weighted by atomic mass is 16.3. The number of nitrogens with zero attached hydrogens (tertiary/aromatic N) is 1. The first kappa shape index (κ1) is 11.6. The second-order valence-electron chi connectivity index (χ2n) is 4.85. The van der Waals surface area contributed by atoms with Crippen LogP contribution in [0.5, 0.6) is 0 Å². The van der Waals surface area contributed by atoms with Crippen molar-refractivity contribution in [1.29, 1.82) is 0 Å². The Labute approximate surface area is 96.2 Å². The van der Waals surface area contributed by atoms with Crippen molar-refractivity contribution in [2.75, 3.05) is 0 Å². The number of aromatic nitrogens is 1. The molecule has 0 spiro atoms. The molecule has 2 rings (SSSR count). The van der Waals surface area contributed by atoms with Crippen LogP contribution in [0.1, 0.15) is 43.9 Å². The number of aliphatic hydroxyl groups excluding tert-OH is 1. The molecule has 0 saturated carbocycles. The van der Waals surface area contributed by atoms with Crippen LogP contribution in [0, 0.1) is 0 Å². The summed E-state index contributed by atoms with van der Waals surface area (Å²) in [7, 11) is 0. The lowest BCUT2D eigenvalue weighted by atomic mass is 9.85. The topological polar surface area (TPSA) is 53.4 Å². The molecule has 0 aromatic carbocycles. The van der Waals surface area contributed by atoms with Gasteiger partial charge in [0.15, 0.2) is 0 Å². The van der Waals surface area contributed by atoms with E-state index >= 15 is 0 Å². The number of fused-ring (bicyclic) bond motifs is 1. The summed E-state index contributed by atoms with van der Waals surface area (Å²) < 4.78 is 0. The van der Waals surface area contributed by atoms with Gasteiger partial charge in [-0.1, -0.05) is 13.0 Å². The van der Waals surface area contributed by atoms with Crippen molar-refractivity contribution in [2.24, 2.45) is 0 Å². The van der Waals surface area contributed by atoms with Crippen LogP contribution in [-0.2, 0) is 6.42 Å². The fraction of sp³-hybridized carbons (Fsp3) is 0.615. The van der Waals surface area contributed by atoms with Crippen molar-refractivity contribution >= 4 is 0 Å². The number of rotatable bonds is 3. The van der Waals surface area contributed by atoms with Crippen LogP contribution in [0.2, 0.25) is 0 Å². The number of hydrogen-bond donors (Lipinski definition) is 2. The molecule has 2 N–H and O–H groups in total. The average Bonchev–Trinajstić information content (AvgIpc) is 2.71. The van der Waals surface area contributed by atoms with E-state index in [1.165, 1.54) is 5.56 Å². The number of hydrogen-bond acceptors (Lipinski definition) is 3. The highest BCUT2D eigenvalue weighted by molar-refractivity contribution is 5.30. The van der Waals surface area contributed by atoms with Gasteiger partial charge in [-0.3, -0.25) is 4.98 Å². The fourth-order valence-corrected chi connectivity index (χ4v) is 2.39. The van der Waals surface area contributed by atoms with Crippen LogP contribution in [0.25, 0.3) is 0 Å². The third kappa shape index (κ3) is 1.85. The molecule has 3 unspecified atom stereocenters. The quantitative estimate of drug-likeness (QED) is 0.815. The summed E-state index contributed by atoms with van der Waals surface area (Å²) in [6.07, 6.45) is 3.40. The van der Waals surface area contributed by atoms with Gasteiger partial charge in [0.05, 0.1) is 11.7 Å². The molecule has 0 amide bonds. The first-order chi connectivity index (χ1) is 7.56. The van der Waals surface area contributed by atoms with Crippen molar-refractivity contribution in [3.63, 3.8) is 0 Å². The molecule has 0 saturated heterocycles. The first-order valence-electron chi connectivity index (χ1n) is 5.90. The number of aliphatic hydroxyl groups is 2. The number of pyridine rings is 1. The third-order valence-corrected chi connectivity index (χ3v) is 3.74. The van der Waals surface area contributed by atoms with Gasteiger partial charge in [-0.2, -0.15) is 0 Å². The van der Waals surface area contributed by atoms with Crippen LogP contribution in [-0.4, -0.2) is 26.9 Å². The molecule has 1 aromatic rings. The van der Waals surface area contributed by atoms with Crippen molar-refractivity contribution < 1.29 is 10.2 Å². The van der Waals surface area contributed by atoms with Crippen molar-refractivity contribution in [1.82, 2.24) is 4.98 Å². The largest absolute Gasteiger partial charge is 0.389 e. The van der Waals surface area contributed by atoms with Gasteiger partial charge >= 0.3 is 0 Å². The Bertz CT molecular complexity index is 376. The molecule has 1 aliphatic rings. The molecule has 0 bridgehead atoms. The Kier molecular flexibility index (Phi) is 3.00. The monoisotopic (exact) mass is 221 g/mol. The predicted octanol–water partition coefficient (Wildman–Crippen LogP) is 1.63. The van der Waals surface area contributed by atoms with Gasteiger partial charge in [0.1, 0.15) is 0 Å². The van der Waals surface area contributed by atoms with Gasteiger partial charge in [0.2, 0.25) is 0 Å². The van der Waals surface area contributed by atoms with Gasteiger partial charge in [-0.25, -0.2) is 0 Å². The van der Waals surface area contributed by atoms with E-state index < -0.39 is 11.7 Å². The van der Waals surface area contributed by atoms with Crippen molar-refractivity contribution in [2.45, 2.75) is 50.7 Å². The molecule has 1 aromatic heterocycles. The van der Waals surface area contributed by atoms with E-state index in [2.05, 4.69) is 11.1 Å². The predicted molar refractivity (Wildman–Crippen MR) is 62.2 cm³/mol. The summed E-state index contributed by atoms with van der Waals surface area (Å²) in [5, 5.41) is 20.3. The van der Waals surface area contributed by atoms with E-state index in [9.17, 15) is 10.2 Å². The molecule has 3 heteroatoms. The lowest BCUT2D eigenvalue weighted by Crippen LogP contribution is -2.42. The van der Waals surface area contributed by atoms with E-state index in [0.29, 0.717) is 6.42 Å². The second kappa shape index (κ2) is 4.15. The number of aryl methyl sites for hydroxylation is 1. The first-order valence-corrected chi connectivity index (χ1v) is 5.90. The lowest BCUT2D eigenvalue weighted by Gasteiger charge is -2.32. The zero-order valence-corrected chi connectivity index (χ0v) is 9.85. The minimum Gasteiger partial charge on any atom is -0.389 e. The Morgan fingerprint density at radius 2 is 2.38 bits per heavy atom. The minimum absolute atomic E-state index is 0.0221. The summed E-state index contributed by atoms with van der Waals surface area (Å²) in [5.74, 6) is -0.0221. The van der Waals surface area contributed by atoms with E-state index in [-0.39, 0.29) is 5.92 Å². The normalized spacial score (nSPS) is 24.9. The Balaban J connectivity index is 2.25. The van der Waals surface area contributed by atoms with Gasteiger partial charge < -0.3 is 10.2 Å². The van der Waals surface area contributed by atoms with E-state index in [1.807, 2.05) is 13.0 Å². The lowest BCUT2D eigenvalue weighted by molar-refractivity contribution is -0.0762. The third-order valence-electron chi connectivity index (χ3n) is 3.74. The van der Waals surface area contributed by atoms with E-state index in [0.717, 1.165) is 18.5 Å². The summed E-state index contributed by atoms with van der Waals surface area (Å²) in [4.78, 5) is 4.34. The molecule has 0 aliphatic heterocycles. The van der Waals surface area contributed by atoms with Crippen LogP contribution in [0.4, 0.5) is 0 Å². The zero-order chi connectivity index (χ0) is 11.8. The summed E-state index contributed by atoms with van der Waals surface area (Å²) in [6.45, 7) is 3.58. The van der Waals surface area contributed by atoms with Gasteiger partial charge in [0.25, 0.3) is 0 Å². The highest BCUT2D eigenvalue weighted by Crippen LogP contribution is 2.37. The summed E-state index contributed by atoms with van der Waals surface area (Å²) >= 11 is 0. The fourth-order valence-electron chi connectivity index (χ4n) is 2.39. The Morgan fingerprint density at radius 1 is 1.62 bits per heavy atom. The molecule has 0 radical (unpaired) electrons. The Morgan fingerprint density at radius 3 is 3.06 bits per heavy atom.